The van der Waals surface area contributed by atoms with Gasteiger partial charge >= 0.3 is 0 Å². The third-order valence-electron chi connectivity index (χ3n) is 3.71. The lowest BCUT2D eigenvalue weighted by atomic mass is 9.89. The third kappa shape index (κ3) is 3.15. The molecule has 1 atom stereocenters. The Balaban J connectivity index is 1.86. The molecule has 6 heteroatoms. The maximum Gasteiger partial charge on any atom is 0.232 e. The molecule has 0 fully saturated rings. The minimum atomic E-state index is -0.662. The van der Waals surface area contributed by atoms with Crippen molar-refractivity contribution in [2.75, 3.05) is 17.7 Å². The fourth-order valence-electron chi connectivity index (χ4n) is 2.60. The van der Waals surface area contributed by atoms with E-state index in [1.165, 1.54) is 25.3 Å². The Hall–Kier alpha value is -2.89. The van der Waals surface area contributed by atoms with Crippen LogP contribution in [0.15, 0.2) is 42.5 Å². The van der Waals surface area contributed by atoms with Crippen molar-refractivity contribution in [2.24, 2.45) is 0 Å². The Morgan fingerprint density at radius 2 is 2.13 bits per heavy atom. The molecule has 1 aliphatic rings. The van der Waals surface area contributed by atoms with Gasteiger partial charge in [0, 0.05) is 23.9 Å². The maximum absolute atomic E-state index is 13.3. The van der Waals surface area contributed by atoms with Gasteiger partial charge in [0.05, 0.1) is 13.0 Å². The number of nitrogens with one attached hydrogen (secondary N) is 2. The number of methoxy groups -OCH3 is 1. The zero-order chi connectivity index (χ0) is 16.4. The van der Waals surface area contributed by atoms with Gasteiger partial charge < -0.3 is 15.4 Å². The summed E-state index contributed by atoms with van der Waals surface area (Å²) in [4.78, 5) is 24.3. The fourth-order valence-corrected chi connectivity index (χ4v) is 2.60. The molecule has 3 rings (SSSR count). The molecule has 1 heterocycles. The normalized spacial score (nSPS) is 16.3. The number of fused-ring (bicyclic) bond motifs is 1. The van der Waals surface area contributed by atoms with Crippen LogP contribution in [0.4, 0.5) is 15.8 Å². The number of halogens is 1. The van der Waals surface area contributed by atoms with E-state index in [1.807, 2.05) is 0 Å². The molecule has 118 valence electrons. The molecule has 2 amide bonds. The highest BCUT2D eigenvalue weighted by atomic mass is 19.1. The molecule has 0 bridgehead atoms. The van der Waals surface area contributed by atoms with Crippen molar-refractivity contribution in [3.63, 3.8) is 0 Å². The van der Waals surface area contributed by atoms with E-state index in [9.17, 15) is 14.0 Å². The van der Waals surface area contributed by atoms with Gasteiger partial charge in [0.2, 0.25) is 11.8 Å². The molecule has 5 nitrogen and oxygen atoms in total. The molecule has 1 aliphatic heterocycles. The first kappa shape index (κ1) is 15.0. The number of amides is 2. The van der Waals surface area contributed by atoms with Crippen LogP contribution in [0.25, 0.3) is 0 Å². The van der Waals surface area contributed by atoms with E-state index in [0.717, 1.165) is 0 Å². The smallest absolute Gasteiger partial charge is 0.232 e. The SMILES string of the molecule is COc1cccc(NC(=O)C2CC(=O)Nc3cc(F)ccc32)c1. The van der Waals surface area contributed by atoms with Gasteiger partial charge in [-0.1, -0.05) is 12.1 Å². The van der Waals surface area contributed by atoms with Crippen LogP contribution < -0.4 is 15.4 Å². The monoisotopic (exact) mass is 314 g/mol. The highest BCUT2D eigenvalue weighted by Gasteiger charge is 2.31. The van der Waals surface area contributed by atoms with Crippen molar-refractivity contribution in [1.29, 1.82) is 0 Å². The molecule has 0 aromatic heterocycles. The number of hydrogen-bond donors (Lipinski definition) is 2. The lowest BCUT2D eigenvalue weighted by Crippen LogP contribution is -2.30. The van der Waals surface area contributed by atoms with Crippen molar-refractivity contribution in [3.8, 4) is 5.75 Å². The van der Waals surface area contributed by atoms with Crippen LogP contribution in [-0.2, 0) is 9.59 Å². The highest BCUT2D eigenvalue weighted by Crippen LogP contribution is 2.33. The second-order valence-electron chi connectivity index (χ2n) is 5.26. The number of carbonyl (C=O) groups excluding carboxylic acids is 2. The molecule has 23 heavy (non-hydrogen) atoms. The summed E-state index contributed by atoms with van der Waals surface area (Å²) in [6.45, 7) is 0. The van der Waals surface area contributed by atoms with Gasteiger partial charge in [0.25, 0.3) is 0 Å². The summed E-state index contributed by atoms with van der Waals surface area (Å²) in [6.07, 6.45) is 0.0223. The minimum Gasteiger partial charge on any atom is -0.497 e. The molecule has 2 aromatic carbocycles. The molecule has 1 unspecified atom stereocenters. The molecule has 0 saturated carbocycles. The van der Waals surface area contributed by atoms with E-state index < -0.39 is 11.7 Å². The van der Waals surface area contributed by atoms with Gasteiger partial charge in [-0.05, 0) is 29.8 Å². The second-order valence-corrected chi connectivity index (χ2v) is 5.26. The van der Waals surface area contributed by atoms with E-state index >= 15 is 0 Å². The van der Waals surface area contributed by atoms with Crippen molar-refractivity contribution < 1.29 is 18.7 Å². The van der Waals surface area contributed by atoms with Gasteiger partial charge in [0.1, 0.15) is 11.6 Å². The summed E-state index contributed by atoms with van der Waals surface area (Å²) < 4.78 is 18.4. The molecule has 0 aliphatic carbocycles. The van der Waals surface area contributed by atoms with E-state index in [-0.39, 0.29) is 18.2 Å². The van der Waals surface area contributed by atoms with E-state index in [2.05, 4.69) is 10.6 Å². The highest BCUT2D eigenvalue weighted by molar-refractivity contribution is 6.05. The van der Waals surface area contributed by atoms with Crippen LogP contribution in [0, 0.1) is 5.82 Å². The Labute approximate surface area is 132 Å². The van der Waals surface area contributed by atoms with Crippen molar-refractivity contribution >= 4 is 23.2 Å². The van der Waals surface area contributed by atoms with Crippen LogP contribution in [0.3, 0.4) is 0 Å². The Bertz CT molecular complexity index is 776. The molecular formula is C17H15FN2O3. The lowest BCUT2D eigenvalue weighted by Gasteiger charge is -2.25. The van der Waals surface area contributed by atoms with Crippen LogP contribution >= 0.6 is 0 Å². The molecule has 2 aromatic rings. The Morgan fingerprint density at radius 3 is 2.91 bits per heavy atom. The number of anilines is 2. The van der Waals surface area contributed by atoms with Gasteiger partial charge in [-0.3, -0.25) is 9.59 Å². The van der Waals surface area contributed by atoms with Crippen molar-refractivity contribution in [2.45, 2.75) is 12.3 Å². The molecule has 0 saturated heterocycles. The third-order valence-corrected chi connectivity index (χ3v) is 3.71. The predicted molar refractivity (Wildman–Crippen MR) is 84.0 cm³/mol. The largest absolute Gasteiger partial charge is 0.497 e. The van der Waals surface area contributed by atoms with Crippen LogP contribution in [-0.4, -0.2) is 18.9 Å². The maximum atomic E-state index is 13.3. The minimum absolute atomic E-state index is 0.0223. The number of hydrogen-bond acceptors (Lipinski definition) is 3. The Morgan fingerprint density at radius 1 is 1.30 bits per heavy atom. The summed E-state index contributed by atoms with van der Waals surface area (Å²) >= 11 is 0. The quantitative estimate of drug-likeness (QED) is 0.915. The zero-order valence-corrected chi connectivity index (χ0v) is 12.4. The summed E-state index contributed by atoms with van der Waals surface area (Å²) in [7, 11) is 1.54. The summed E-state index contributed by atoms with van der Waals surface area (Å²) in [5.41, 5.74) is 1.52. The standard InChI is InChI=1S/C17H15FN2O3/c1-23-12-4-2-3-11(8-12)19-17(22)14-9-16(21)20-15-7-10(18)5-6-13(14)15/h2-8,14H,9H2,1H3,(H,19,22)(H,20,21). The van der Waals surface area contributed by atoms with Gasteiger partial charge in [-0.2, -0.15) is 0 Å². The average Bonchev–Trinajstić information content (AvgIpc) is 2.53. The van der Waals surface area contributed by atoms with E-state index in [0.29, 0.717) is 22.7 Å². The van der Waals surface area contributed by atoms with Crippen molar-refractivity contribution in [1.82, 2.24) is 0 Å². The van der Waals surface area contributed by atoms with Gasteiger partial charge in [-0.25, -0.2) is 4.39 Å². The summed E-state index contributed by atoms with van der Waals surface area (Å²) in [5, 5.41) is 5.36. The molecule has 2 N–H and O–H groups in total. The van der Waals surface area contributed by atoms with Crippen molar-refractivity contribution in [3.05, 3.63) is 53.8 Å². The van der Waals surface area contributed by atoms with Gasteiger partial charge in [-0.15, -0.1) is 0 Å². The first-order valence-corrected chi connectivity index (χ1v) is 7.11. The average molecular weight is 314 g/mol. The van der Waals surface area contributed by atoms with Crippen LogP contribution in [0.2, 0.25) is 0 Å². The number of carbonyl (C=O) groups is 2. The lowest BCUT2D eigenvalue weighted by molar-refractivity contribution is -0.123. The zero-order valence-electron chi connectivity index (χ0n) is 12.4. The predicted octanol–water partition coefficient (Wildman–Crippen LogP) is 2.90. The summed E-state index contributed by atoms with van der Waals surface area (Å²) in [5.74, 6) is -1.13. The number of ether oxygens (including phenoxy) is 1. The first-order valence-electron chi connectivity index (χ1n) is 7.11. The number of rotatable bonds is 3. The number of benzene rings is 2. The molecule has 0 radical (unpaired) electrons. The first-order chi connectivity index (χ1) is 11.1. The Kier molecular flexibility index (Phi) is 3.97. The summed E-state index contributed by atoms with van der Waals surface area (Å²) in [6, 6.07) is 11.0. The van der Waals surface area contributed by atoms with E-state index in [4.69, 9.17) is 4.74 Å². The molecular weight excluding hydrogens is 299 g/mol. The van der Waals surface area contributed by atoms with E-state index in [1.54, 1.807) is 24.3 Å². The van der Waals surface area contributed by atoms with Crippen LogP contribution in [0.5, 0.6) is 5.75 Å². The molecule has 0 spiro atoms. The topological polar surface area (TPSA) is 67.4 Å². The second kappa shape index (κ2) is 6.08. The fraction of sp³-hybridized carbons (Fsp3) is 0.176. The van der Waals surface area contributed by atoms with Gasteiger partial charge in [0.15, 0.2) is 0 Å². The van der Waals surface area contributed by atoms with Crippen LogP contribution in [0.1, 0.15) is 17.9 Å².